The van der Waals surface area contributed by atoms with Gasteiger partial charge < -0.3 is 9.14 Å². The maximum Gasteiger partial charge on any atom is 0.214 e. The van der Waals surface area contributed by atoms with Gasteiger partial charge in [-0.2, -0.15) is 4.68 Å². The van der Waals surface area contributed by atoms with E-state index in [1.165, 1.54) is 17.3 Å². The number of fused-ring (bicyclic) bond motifs is 1. The number of hydrogen-bond donors (Lipinski definition) is 0. The molecule has 4 rings (SSSR count). The van der Waals surface area contributed by atoms with Gasteiger partial charge in [-0.05, 0) is 41.1 Å². The van der Waals surface area contributed by atoms with Crippen LogP contribution in [-0.2, 0) is 5.75 Å². The highest BCUT2D eigenvalue weighted by Crippen LogP contribution is 2.27. The number of tetrazole rings is 1. The Hall–Kier alpha value is -2.87. The van der Waals surface area contributed by atoms with E-state index in [2.05, 4.69) is 39.7 Å². The van der Waals surface area contributed by atoms with Crippen LogP contribution in [0.2, 0.25) is 0 Å². The smallest absolute Gasteiger partial charge is 0.214 e. The van der Waals surface area contributed by atoms with E-state index in [4.69, 9.17) is 4.74 Å². The predicted molar refractivity (Wildman–Crippen MR) is 95.2 cm³/mol. The lowest BCUT2D eigenvalue weighted by atomic mass is 10.3. The highest BCUT2D eigenvalue weighted by atomic mass is 32.2. The van der Waals surface area contributed by atoms with Gasteiger partial charge in [-0.3, -0.25) is 0 Å². The summed E-state index contributed by atoms with van der Waals surface area (Å²) in [5.74, 6) is 1.40. The molecular weight excluding hydrogens is 336 g/mol. The van der Waals surface area contributed by atoms with Crippen molar-refractivity contribution in [3.63, 3.8) is 0 Å². The molecule has 0 fully saturated rings. The molecule has 4 aromatic rings. The van der Waals surface area contributed by atoms with Crippen LogP contribution in [0.5, 0.6) is 5.75 Å². The Morgan fingerprint density at radius 3 is 2.88 bits per heavy atom. The summed E-state index contributed by atoms with van der Waals surface area (Å²) in [6.45, 7) is 2.06. The Labute approximate surface area is 148 Å². The van der Waals surface area contributed by atoms with E-state index in [1.54, 1.807) is 11.8 Å². The zero-order valence-corrected chi connectivity index (χ0v) is 14.6. The third-order valence-corrected chi connectivity index (χ3v) is 4.71. The van der Waals surface area contributed by atoms with Gasteiger partial charge in [0.2, 0.25) is 5.16 Å². The lowest BCUT2D eigenvalue weighted by Crippen LogP contribution is -2.01. The number of thioether (sulfide) groups is 1. The minimum absolute atomic E-state index is 0.677. The number of methoxy groups -OCH3 is 1. The number of hydrogen-bond acceptors (Lipinski definition) is 6. The van der Waals surface area contributed by atoms with Crippen LogP contribution in [0.1, 0.15) is 11.3 Å². The van der Waals surface area contributed by atoms with E-state index < -0.39 is 0 Å². The molecule has 8 heteroatoms. The van der Waals surface area contributed by atoms with Crippen LogP contribution >= 0.6 is 11.8 Å². The second kappa shape index (κ2) is 6.56. The second-order valence-corrected chi connectivity index (χ2v) is 6.48. The summed E-state index contributed by atoms with van der Waals surface area (Å²) in [4.78, 5) is 4.63. The fraction of sp³-hybridized carbons (Fsp3) is 0.176. The van der Waals surface area contributed by atoms with E-state index in [9.17, 15) is 0 Å². The molecule has 0 aliphatic carbocycles. The van der Waals surface area contributed by atoms with Crippen LogP contribution in [0.4, 0.5) is 0 Å². The van der Waals surface area contributed by atoms with Gasteiger partial charge in [-0.1, -0.05) is 30.0 Å². The average Bonchev–Trinajstić information content (AvgIpc) is 3.25. The molecule has 126 valence electrons. The normalized spacial score (nSPS) is 11.1. The van der Waals surface area contributed by atoms with E-state index in [1.807, 2.05) is 40.9 Å². The Morgan fingerprint density at radius 1 is 1.12 bits per heavy atom. The van der Waals surface area contributed by atoms with Gasteiger partial charge in [0.25, 0.3) is 0 Å². The van der Waals surface area contributed by atoms with Crippen LogP contribution in [0.3, 0.4) is 0 Å². The van der Waals surface area contributed by atoms with E-state index in [0.717, 1.165) is 22.8 Å². The summed E-state index contributed by atoms with van der Waals surface area (Å²) in [5.41, 5.74) is 3.92. The van der Waals surface area contributed by atoms with E-state index >= 15 is 0 Å². The molecule has 3 heterocycles. The van der Waals surface area contributed by atoms with Crippen molar-refractivity contribution in [1.82, 2.24) is 29.6 Å². The number of pyridine rings is 1. The maximum absolute atomic E-state index is 5.40. The number of aryl methyl sites for hydroxylation is 1. The monoisotopic (exact) mass is 352 g/mol. The van der Waals surface area contributed by atoms with Crippen molar-refractivity contribution >= 4 is 17.4 Å². The fourth-order valence-electron chi connectivity index (χ4n) is 2.59. The molecule has 1 aromatic carbocycles. The molecule has 0 saturated heterocycles. The standard InChI is InChI=1S/C17H16N6OS/c1-12-7-8-16-18-13(10-22(16)9-12)11-25-17-19-20-21-23(17)14-5-3-4-6-15(14)24-2/h3-10H,11H2,1-2H3. The topological polar surface area (TPSA) is 70.1 Å². The molecule has 3 aromatic heterocycles. The summed E-state index contributed by atoms with van der Waals surface area (Å²) in [7, 11) is 1.63. The number of imidazole rings is 1. The minimum Gasteiger partial charge on any atom is -0.494 e. The lowest BCUT2D eigenvalue weighted by Gasteiger charge is -2.08. The molecule has 0 unspecified atom stereocenters. The molecule has 0 aliphatic heterocycles. The Bertz CT molecular complexity index is 1020. The van der Waals surface area contributed by atoms with Crippen LogP contribution in [0.15, 0.2) is 53.9 Å². The molecule has 0 saturated carbocycles. The van der Waals surface area contributed by atoms with Crippen LogP contribution in [0, 0.1) is 6.92 Å². The number of rotatable bonds is 5. The molecule has 0 spiro atoms. The zero-order chi connectivity index (χ0) is 17.2. The molecule has 0 N–H and O–H groups in total. The van der Waals surface area contributed by atoms with Crippen molar-refractivity contribution in [3.05, 3.63) is 60.0 Å². The van der Waals surface area contributed by atoms with E-state index in [0.29, 0.717) is 10.9 Å². The van der Waals surface area contributed by atoms with Gasteiger partial charge >= 0.3 is 0 Å². The Balaban J connectivity index is 1.58. The number of benzene rings is 1. The number of aromatic nitrogens is 6. The van der Waals surface area contributed by atoms with Crippen molar-refractivity contribution < 1.29 is 4.74 Å². The molecule has 0 radical (unpaired) electrons. The summed E-state index contributed by atoms with van der Waals surface area (Å²) in [5, 5.41) is 12.7. The van der Waals surface area contributed by atoms with Crippen molar-refractivity contribution in [2.45, 2.75) is 17.8 Å². The van der Waals surface area contributed by atoms with E-state index in [-0.39, 0.29) is 0 Å². The molecule has 0 bridgehead atoms. The van der Waals surface area contributed by atoms with Crippen LogP contribution < -0.4 is 4.74 Å². The molecule has 0 atom stereocenters. The van der Waals surface area contributed by atoms with Gasteiger partial charge in [0.15, 0.2) is 0 Å². The van der Waals surface area contributed by atoms with Crippen LogP contribution in [0.25, 0.3) is 11.3 Å². The first-order chi connectivity index (χ1) is 12.2. The molecule has 0 amide bonds. The van der Waals surface area contributed by atoms with Gasteiger partial charge in [-0.25, -0.2) is 4.98 Å². The number of nitrogens with zero attached hydrogens (tertiary/aromatic N) is 6. The molecular formula is C17H16N6OS. The minimum atomic E-state index is 0.677. The van der Waals surface area contributed by atoms with Crippen molar-refractivity contribution in [3.8, 4) is 11.4 Å². The number of ether oxygens (including phenoxy) is 1. The van der Waals surface area contributed by atoms with Crippen LogP contribution in [-0.4, -0.2) is 36.7 Å². The maximum atomic E-state index is 5.40. The first-order valence-corrected chi connectivity index (χ1v) is 8.72. The quantitative estimate of drug-likeness (QED) is 0.514. The highest BCUT2D eigenvalue weighted by Gasteiger charge is 2.13. The lowest BCUT2D eigenvalue weighted by molar-refractivity contribution is 0.410. The first-order valence-electron chi connectivity index (χ1n) is 7.73. The SMILES string of the molecule is COc1ccccc1-n1nnnc1SCc1cn2cc(C)ccc2n1. The first kappa shape index (κ1) is 15.6. The van der Waals surface area contributed by atoms with Gasteiger partial charge in [0.05, 0.1) is 12.8 Å². The van der Waals surface area contributed by atoms with Gasteiger partial charge in [0.1, 0.15) is 17.1 Å². The third-order valence-electron chi connectivity index (χ3n) is 3.75. The van der Waals surface area contributed by atoms with Crippen molar-refractivity contribution in [2.24, 2.45) is 0 Å². The Kier molecular flexibility index (Phi) is 4.10. The average molecular weight is 352 g/mol. The molecule has 0 aliphatic rings. The molecule has 7 nitrogen and oxygen atoms in total. The van der Waals surface area contributed by atoms with Gasteiger partial charge in [0, 0.05) is 18.1 Å². The predicted octanol–water partition coefficient (Wildman–Crippen LogP) is 2.92. The summed E-state index contributed by atoms with van der Waals surface area (Å²) >= 11 is 1.54. The number of para-hydroxylation sites is 2. The fourth-order valence-corrected chi connectivity index (χ4v) is 3.36. The molecule has 25 heavy (non-hydrogen) atoms. The highest BCUT2D eigenvalue weighted by molar-refractivity contribution is 7.98. The third kappa shape index (κ3) is 3.08. The second-order valence-electron chi connectivity index (χ2n) is 5.54. The largest absolute Gasteiger partial charge is 0.494 e. The van der Waals surface area contributed by atoms with Gasteiger partial charge in [-0.15, -0.1) is 5.10 Å². The summed E-state index contributed by atoms with van der Waals surface area (Å²) in [6.07, 6.45) is 4.10. The Morgan fingerprint density at radius 2 is 2.00 bits per heavy atom. The van der Waals surface area contributed by atoms with Crippen molar-refractivity contribution in [2.75, 3.05) is 7.11 Å². The summed E-state index contributed by atoms with van der Waals surface area (Å²) < 4.78 is 9.12. The summed E-state index contributed by atoms with van der Waals surface area (Å²) in [6, 6.07) is 11.7. The van der Waals surface area contributed by atoms with Crippen molar-refractivity contribution in [1.29, 1.82) is 0 Å². The zero-order valence-electron chi connectivity index (χ0n) is 13.8.